The van der Waals surface area contributed by atoms with Crippen LogP contribution in [0.15, 0.2) is 118 Å². The van der Waals surface area contributed by atoms with Gasteiger partial charge in [0.2, 0.25) is 5.82 Å². The molecule has 0 N–H and O–H groups in total. The van der Waals surface area contributed by atoms with Gasteiger partial charge in [0, 0.05) is 14.8 Å². The highest BCUT2D eigenvalue weighted by Crippen LogP contribution is 2.50. The van der Waals surface area contributed by atoms with Crippen molar-refractivity contribution in [3.63, 3.8) is 0 Å². The van der Waals surface area contributed by atoms with E-state index < -0.39 is 6.97 Å². The summed E-state index contributed by atoms with van der Waals surface area (Å²) in [6, 6.07) is 35.0. The van der Waals surface area contributed by atoms with Crippen molar-refractivity contribution in [3.8, 4) is 22.4 Å². The molecule has 0 aliphatic carbocycles. The molecular weight excluding hydrogens is 753 g/mol. The number of allylic oxidation sites excluding steroid dienone is 1. The minimum atomic E-state index is -4.37. The highest BCUT2D eigenvalue weighted by Gasteiger charge is 2.55. The van der Waals surface area contributed by atoms with E-state index in [1.165, 1.54) is 8.96 Å². The minimum absolute atomic E-state index is 0.278. The van der Waals surface area contributed by atoms with Gasteiger partial charge in [-0.2, -0.15) is 0 Å². The number of nitrogens with zero attached hydrogens (tertiary/aromatic N) is 3. The Morgan fingerprint density at radius 3 is 1.76 bits per heavy atom. The Kier molecular flexibility index (Phi) is 6.81. The molecule has 0 bridgehead atoms. The van der Waals surface area contributed by atoms with Gasteiger partial charge in [-0.15, -0.1) is 0 Å². The zero-order chi connectivity index (χ0) is 29.2. The van der Waals surface area contributed by atoms with Crippen LogP contribution in [-0.4, -0.2) is 27.5 Å². The van der Waals surface area contributed by atoms with Crippen molar-refractivity contribution < 1.29 is 13.1 Å². The lowest BCUT2D eigenvalue weighted by atomic mass is 9.90. The van der Waals surface area contributed by atoms with Gasteiger partial charge in [0.15, 0.2) is 0 Å². The third-order valence-corrected chi connectivity index (χ3v) is 9.95. The summed E-state index contributed by atoms with van der Waals surface area (Å²) >= 11 is 4.46. The summed E-state index contributed by atoms with van der Waals surface area (Å²) in [5.41, 5.74) is 7.70. The summed E-state index contributed by atoms with van der Waals surface area (Å²) in [6.07, 6.45) is 0. The van der Waals surface area contributed by atoms with Gasteiger partial charge in [-0.3, -0.25) is 0 Å². The molecule has 5 aromatic rings. The normalized spacial score (nSPS) is 15.5. The van der Waals surface area contributed by atoms with Gasteiger partial charge in [0.25, 0.3) is 5.84 Å². The molecule has 3 heterocycles. The summed E-state index contributed by atoms with van der Waals surface area (Å²) in [6.45, 7) is -0.371. The molecule has 2 aliphatic rings. The number of aromatic nitrogens is 1. The molecule has 0 radical (unpaired) electrons. The molecule has 0 saturated heterocycles. The molecule has 0 spiro atoms. The third-order valence-electron chi connectivity index (χ3n) is 7.85. The first-order valence-electron chi connectivity index (χ1n) is 13.6. The molecule has 0 amide bonds. The first-order chi connectivity index (χ1) is 20.3. The third kappa shape index (κ3) is 4.25. The molecule has 0 fully saturated rings. The van der Waals surface area contributed by atoms with Crippen molar-refractivity contribution in [1.82, 2.24) is 4.48 Å². The number of aryl methyl sites for hydroxylation is 2. The van der Waals surface area contributed by atoms with E-state index in [4.69, 9.17) is 4.99 Å². The van der Waals surface area contributed by atoms with E-state index >= 15 is 8.63 Å². The second-order valence-corrected chi connectivity index (χ2v) is 12.8. The Morgan fingerprint density at radius 2 is 1.19 bits per heavy atom. The fourth-order valence-corrected chi connectivity index (χ4v) is 8.06. The van der Waals surface area contributed by atoms with Gasteiger partial charge in [0.05, 0.1) is 14.7 Å². The van der Waals surface area contributed by atoms with E-state index in [1.807, 2.05) is 123 Å². The highest BCUT2D eigenvalue weighted by atomic mass is 127. The van der Waals surface area contributed by atoms with Crippen LogP contribution in [0.2, 0.25) is 0 Å². The molecule has 8 heteroatoms. The second-order valence-electron chi connectivity index (χ2n) is 10.6. The maximum Gasteiger partial charge on any atom is 0.642 e. The van der Waals surface area contributed by atoms with Gasteiger partial charge in [-0.25, -0.2) is 0 Å². The van der Waals surface area contributed by atoms with Crippen molar-refractivity contribution in [2.75, 3.05) is 0 Å². The Hall–Kier alpha value is -3.38. The first-order valence-corrected chi connectivity index (χ1v) is 15.8. The van der Waals surface area contributed by atoms with Gasteiger partial charge >= 0.3 is 6.97 Å². The van der Waals surface area contributed by atoms with Gasteiger partial charge < -0.3 is 17.6 Å². The largest absolute Gasteiger partial charge is 0.642 e. The van der Waals surface area contributed by atoms with Gasteiger partial charge in [0.1, 0.15) is 5.71 Å². The molecule has 42 heavy (non-hydrogen) atoms. The van der Waals surface area contributed by atoms with Crippen LogP contribution < -0.4 is 0 Å². The van der Waals surface area contributed by atoms with Crippen LogP contribution in [0.25, 0.3) is 28.0 Å². The Bertz CT molecular complexity index is 1960. The van der Waals surface area contributed by atoms with E-state index in [1.54, 1.807) is 0 Å². The summed E-state index contributed by atoms with van der Waals surface area (Å²) < 4.78 is 39.1. The van der Waals surface area contributed by atoms with E-state index in [9.17, 15) is 0 Å². The van der Waals surface area contributed by atoms with Gasteiger partial charge in [-0.1, -0.05) is 120 Å². The maximum absolute atomic E-state index is 17.6. The fourth-order valence-electron chi connectivity index (χ4n) is 5.81. The molecule has 206 valence electrons. The van der Waals surface area contributed by atoms with Crippen molar-refractivity contribution in [3.05, 3.63) is 139 Å². The number of halogens is 4. The number of hydrogen-bond donors (Lipinski definition) is 0. The topological polar surface area (TPSA) is 20.3 Å². The lowest BCUT2D eigenvalue weighted by molar-refractivity contribution is -0.291. The predicted octanol–water partition coefficient (Wildman–Crippen LogP) is 9.67. The van der Waals surface area contributed by atoms with Crippen molar-refractivity contribution in [2.24, 2.45) is 4.99 Å². The number of fused-ring (bicyclic) bond motifs is 2. The fraction of sp³-hybridized carbons (Fsp3) is 0.0588. The van der Waals surface area contributed by atoms with Gasteiger partial charge in [-0.05, 0) is 80.7 Å². The molecule has 0 unspecified atom stereocenters. The Balaban J connectivity index is 1.61. The predicted molar refractivity (Wildman–Crippen MR) is 186 cm³/mol. The SMILES string of the molecule is Cc1ccc(C2=[N+]3C(=Nc4c(-c5ccccc5)c(I)c(-c5ccc(C)cc5)n4[B-]3(F)F)C(c3ccccc3)=C2I)cc1. The van der Waals surface area contributed by atoms with Crippen LogP contribution in [0.5, 0.6) is 0 Å². The summed E-state index contributed by atoms with van der Waals surface area (Å²) in [4.78, 5) is 5.16. The Labute approximate surface area is 270 Å². The zero-order valence-electron chi connectivity index (χ0n) is 22.8. The quantitative estimate of drug-likeness (QED) is 0.128. The van der Waals surface area contributed by atoms with Crippen LogP contribution in [0.1, 0.15) is 22.3 Å². The first kappa shape index (κ1) is 27.5. The van der Waals surface area contributed by atoms with Crippen LogP contribution in [0, 0.1) is 17.4 Å². The van der Waals surface area contributed by atoms with Crippen molar-refractivity contribution >= 4 is 75.1 Å². The number of hydrogen-bond acceptors (Lipinski definition) is 1. The van der Waals surface area contributed by atoms with Crippen LogP contribution >= 0.6 is 45.2 Å². The van der Waals surface area contributed by atoms with Crippen molar-refractivity contribution in [2.45, 2.75) is 13.8 Å². The minimum Gasteiger partial charge on any atom is -0.414 e. The average molecular weight is 777 g/mol. The highest BCUT2D eigenvalue weighted by molar-refractivity contribution is 14.1. The molecular formula is C34H24BF2I2N3. The standard InChI is InChI=1S/C34H24BF2I2N3/c1-21-13-17-25(18-14-21)31-29(38)27(23-9-5-3-6-10-23)33-40-34-28(24-11-7-4-8-12-24)30(39)32(26-19-15-22(2)16-20-26)42(34)35(36,37)41(31)33/h3-20H,1-2H3. The Morgan fingerprint density at radius 1 is 0.667 bits per heavy atom. The monoisotopic (exact) mass is 777 g/mol. The number of rotatable bonds is 4. The number of benzene rings is 4. The zero-order valence-corrected chi connectivity index (χ0v) is 27.1. The number of aliphatic imine (C=N–C) groups is 1. The lowest BCUT2D eigenvalue weighted by Gasteiger charge is -2.32. The summed E-state index contributed by atoms with van der Waals surface area (Å²) in [5, 5.41) is 0. The van der Waals surface area contributed by atoms with Crippen LogP contribution in [0.3, 0.4) is 0 Å². The van der Waals surface area contributed by atoms with E-state index in [2.05, 4.69) is 45.2 Å². The average Bonchev–Trinajstić information content (AvgIpc) is 3.46. The number of amidine groups is 1. The maximum atomic E-state index is 17.6. The lowest BCUT2D eigenvalue weighted by Crippen LogP contribution is -2.53. The van der Waals surface area contributed by atoms with E-state index in [0.717, 1.165) is 40.5 Å². The van der Waals surface area contributed by atoms with Crippen molar-refractivity contribution in [1.29, 1.82) is 0 Å². The van der Waals surface area contributed by atoms with E-state index in [-0.39, 0.29) is 11.7 Å². The summed E-state index contributed by atoms with van der Waals surface area (Å²) in [7, 11) is 0. The molecule has 4 aromatic carbocycles. The van der Waals surface area contributed by atoms with Crippen LogP contribution in [-0.2, 0) is 0 Å². The second kappa shape index (κ2) is 10.4. The molecule has 0 atom stereocenters. The molecule has 2 aliphatic heterocycles. The molecule has 3 nitrogen and oxygen atoms in total. The molecule has 7 rings (SSSR count). The summed E-state index contributed by atoms with van der Waals surface area (Å²) in [5.74, 6) is 0.556. The van der Waals surface area contributed by atoms with Crippen LogP contribution in [0.4, 0.5) is 14.4 Å². The molecule has 0 saturated carbocycles. The smallest absolute Gasteiger partial charge is 0.414 e. The van der Waals surface area contributed by atoms with E-state index in [0.29, 0.717) is 22.5 Å². The molecule has 1 aromatic heterocycles.